The zero-order valence-electron chi connectivity index (χ0n) is 22.4. The maximum Gasteiger partial charge on any atom is 0.326 e. The van der Waals surface area contributed by atoms with Crippen LogP contribution in [0.2, 0.25) is 0 Å². The van der Waals surface area contributed by atoms with Crippen LogP contribution in [0.5, 0.6) is 0 Å². The van der Waals surface area contributed by atoms with Crippen LogP contribution in [0, 0.1) is 6.92 Å². The Balaban J connectivity index is 0.000000338. The fourth-order valence-corrected chi connectivity index (χ4v) is 4.29. The molecule has 0 aliphatic carbocycles. The molecule has 2 heterocycles. The number of aryl methyl sites for hydroxylation is 3. The smallest absolute Gasteiger partial charge is 0.326 e. The van der Waals surface area contributed by atoms with Crippen LogP contribution in [0.3, 0.4) is 0 Å². The van der Waals surface area contributed by atoms with Gasteiger partial charge in [-0.1, -0.05) is 48.5 Å². The van der Waals surface area contributed by atoms with Crippen molar-refractivity contribution >= 4 is 41.7 Å². The average molecular weight is 535 g/mol. The van der Waals surface area contributed by atoms with Crippen molar-refractivity contribution in [3.05, 3.63) is 71.4 Å². The Morgan fingerprint density at radius 3 is 2.62 bits per heavy atom. The number of hydrogen-bond acceptors (Lipinski definition) is 6. The SMILES string of the molecule is C=O.Cc1cccc2ccccc12.O=CNC(CCNC(=O)CCCCc1ccc2c(n1)NCCC2)C(=O)O. The summed E-state index contributed by atoms with van der Waals surface area (Å²) in [5.74, 6) is -0.234. The molecule has 0 bridgehead atoms. The minimum Gasteiger partial charge on any atom is -0.480 e. The number of carbonyl (C=O) groups is 4. The van der Waals surface area contributed by atoms with Crippen molar-refractivity contribution in [3.63, 3.8) is 0 Å². The second-order valence-corrected chi connectivity index (χ2v) is 9.16. The molecule has 9 nitrogen and oxygen atoms in total. The monoisotopic (exact) mass is 534 g/mol. The van der Waals surface area contributed by atoms with Crippen molar-refractivity contribution in [2.75, 3.05) is 18.4 Å². The van der Waals surface area contributed by atoms with Crippen molar-refractivity contribution in [1.82, 2.24) is 15.6 Å². The standard InChI is InChI=1S/C18H26N4O4.C11H10.CH2O/c23-12-21-15(18(25)26)9-11-19-16(24)6-2-1-5-14-8-7-13-4-3-10-20-17(13)22-14;1-9-5-4-7-10-6-2-3-8-11(9)10;1-2/h7-8,12,15H,1-6,9-11H2,(H,19,24)(H,20,22)(H,21,23)(H,25,26);2-8H,1H3;1H2. The number of aliphatic carboxylic acids is 1. The molecule has 0 saturated heterocycles. The molecule has 1 aliphatic rings. The molecule has 4 rings (SSSR count). The van der Waals surface area contributed by atoms with E-state index in [1.54, 1.807) is 0 Å². The molecule has 1 aromatic heterocycles. The summed E-state index contributed by atoms with van der Waals surface area (Å²) in [5.41, 5.74) is 3.65. The highest BCUT2D eigenvalue weighted by Crippen LogP contribution is 2.20. The predicted octanol–water partition coefficient (Wildman–Crippen LogP) is 3.82. The van der Waals surface area contributed by atoms with Gasteiger partial charge in [0.1, 0.15) is 18.6 Å². The fraction of sp³-hybridized carbons (Fsp3) is 0.367. The third kappa shape index (κ3) is 10.6. The van der Waals surface area contributed by atoms with Crippen LogP contribution in [0.15, 0.2) is 54.6 Å². The Kier molecular flexibility index (Phi) is 13.7. The van der Waals surface area contributed by atoms with Gasteiger partial charge in [-0.2, -0.15) is 0 Å². The lowest BCUT2D eigenvalue weighted by atomic mass is 10.1. The number of rotatable bonds is 11. The molecule has 0 fully saturated rings. The van der Waals surface area contributed by atoms with E-state index < -0.39 is 12.0 Å². The summed E-state index contributed by atoms with van der Waals surface area (Å²) in [6.07, 6.45) is 5.55. The number of fused-ring (bicyclic) bond motifs is 2. The van der Waals surface area contributed by atoms with Gasteiger partial charge in [0.15, 0.2) is 0 Å². The van der Waals surface area contributed by atoms with Crippen molar-refractivity contribution in [2.24, 2.45) is 0 Å². The first-order chi connectivity index (χ1) is 19.0. The van der Waals surface area contributed by atoms with E-state index in [2.05, 4.69) is 82.5 Å². The van der Waals surface area contributed by atoms with Crippen molar-refractivity contribution in [3.8, 4) is 0 Å². The van der Waals surface area contributed by atoms with Crippen LogP contribution in [0.25, 0.3) is 10.8 Å². The van der Waals surface area contributed by atoms with Gasteiger partial charge in [-0.05, 0) is 73.4 Å². The molecule has 2 amide bonds. The first kappa shape index (κ1) is 31.0. The lowest BCUT2D eigenvalue weighted by Crippen LogP contribution is -2.39. The molecule has 0 radical (unpaired) electrons. The van der Waals surface area contributed by atoms with Gasteiger partial charge in [0.05, 0.1) is 0 Å². The number of benzene rings is 2. The summed E-state index contributed by atoms with van der Waals surface area (Å²) in [6.45, 7) is 5.33. The highest BCUT2D eigenvalue weighted by molar-refractivity contribution is 5.85. The molecule has 2 aromatic carbocycles. The van der Waals surface area contributed by atoms with Crippen LogP contribution in [-0.2, 0) is 32.0 Å². The molecule has 208 valence electrons. The number of pyridine rings is 1. The summed E-state index contributed by atoms with van der Waals surface area (Å²) in [6, 6.07) is 18.0. The minimum absolute atomic E-state index is 0.111. The normalized spacial score (nSPS) is 12.2. The Hall–Kier alpha value is -4.27. The zero-order valence-corrected chi connectivity index (χ0v) is 22.4. The maximum atomic E-state index is 11.8. The lowest BCUT2D eigenvalue weighted by molar-refractivity contribution is -0.140. The first-order valence-electron chi connectivity index (χ1n) is 13.1. The van der Waals surface area contributed by atoms with E-state index in [4.69, 9.17) is 9.90 Å². The van der Waals surface area contributed by atoms with E-state index in [-0.39, 0.29) is 18.9 Å². The van der Waals surface area contributed by atoms with Gasteiger partial charge in [0.2, 0.25) is 12.3 Å². The van der Waals surface area contributed by atoms with E-state index in [0.717, 1.165) is 50.2 Å². The molecule has 39 heavy (non-hydrogen) atoms. The molecule has 9 heteroatoms. The third-order valence-electron chi connectivity index (χ3n) is 6.37. The summed E-state index contributed by atoms with van der Waals surface area (Å²) >= 11 is 0. The Bertz CT molecular complexity index is 1210. The van der Waals surface area contributed by atoms with E-state index in [1.807, 2.05) is 6.79 Å². The van der Waals surface area contributed by atoms with Gasteiger partial charge in [-0.25, -0.2) is 9.78 Å². The second kappa shape index (κ2) is 17.3. The number of anilines is 1. The molecule has 1 unspecified atom stereocenters. The van der Waals surface area contributed by atoms with Crippen LogP contribution >= 0.6 is 0 Å². The molecule has 3 aromatic rings. The molecule has 4 N–H and O–H groups in total. The van der Waals surface area contributed by atoms with E-state index in [1.165, 1.54) is 21.9 Å². The third-order valence-corrected chi connectivity index (χ3v) is 6.37. The number of hydrogen-bond donors (Lipinski definition) is 4. The largest absolute Gasteiger partial charge is 0.480 e. The number of carboxylic acid groups (broad SMARTS) is 1. The number of unbranched alkanes of at least 4 members (excludes halogenated alkanes) is 1. The Labute approximate surface area is 229 Å². The number of carbonyl (C=O) groups excluding carboxylic acids is 3. The number of carboxylic acids is 1. The Morgan fingerprint density at radius 2 is 1.87 bits per heavy atom. The number of nitrogens with zero attached hydrogens (tertiary/aromatic N) is 1. The van der Waals surface area contributed by atoms with Gasteiger partial charge < -0.3 is 25.9 Å². The number of aromatic nitrogens is 1. The van der Waals surface area contributed by atoms with Gasteiger partial charge >= 0.3 is 5.97 Å². The predicted molar refractivity (Wildman–Crippen MR) is 153 cm³/mol. The number of amides is 2. The van der Waals surface area contributed by atoms with E-state index >= 15 is 0 Å². The van der Waals surface area contributed by atoms with Gasteiger partial charge in [0.25, 0.3) is 0 Å². The molecule has 1 atom stereocenters. The highest BCUT2D eigenvalue weighted by Gasteiger charge is 2.16. The molecular formula is C30H38N4O5. The summed E-state index contributed by atoms with van der Waals surface area (Å²) in [5, 5.41) is 19.8. The van der Waals surface area contributed by atoms with Crippen molar-refractivity contribution in [1.29, 1.82) is 0 Å². The quantitative estimate of drug-likeness (QED) is 0.217. The highest BCUT2D eigenvalue weighted by atomic mass is 16.4. The van der Waals surface area contributed by atoms with Gasteiger partial charge in [-0.15, -0.1) is 0 Å². The van der Waals surface area contributed by atoms with Crippen molar-refractivity contribution in [2.45, 2.75) is 57.9 Å². The van der Waals surface area contributed by atoms with Crippen LogP contribution in [0.1, 0.15) is 48.9 Å². The maximum absolute atomic E-state index is 11.8. The van der Waals surface area contributed by atoms with Crippen LogP contribution in [-0.4, -0.2) is 54.3 Å². The van der Waals surface area contributed by atoms with E-state index in [9.17, 15) is 14.4 Å². The fourth-order valence-electron chi connectivity index (χ4n) is 4.29. The average Bonchev–Trinajstić information content (AvgIpc) is 2.96. The van der Waals surface area contributed by atoms with Gasteiger partial charge in [-0.3, -0.25) is 9.59 Å². The molecular weight excluding hydrogens is 496 g/mol. The van der Waals surface area contributed by atoms with Crippen LogP contribution < -0.4 is 16.0 Å². The Morgan fingerprint density at radius 1 is 1.10 bits per heavy atom. The molecule has 0 saturated carbocycles. The summed E-state index contributed by atoms with van der Waals surface area (Å²) in [7, 11) is 0. The zero-order chi connectivity index (χ0) is 28.5. The topological polar surface area (TPSA) is 137 Å². The van der Waals surface area contributed by atoms with E-state index in [0.29, 0.717) is 12.8 Å². The molecule has 0 spiro atoms. The lowest BCUT2D eigenvalue weighted by Gasteiger charge is -2.17. The minimum atomic E-state index is -1.11. The first-order valence-corrected chi connectivity index (χ1v) is 13.1. The number of nitrogens with one attached hydrogen (secondary N) is 3. The van der Waals surface area contributed by atoms with Crippen LogP contribution in [0.4, 0.5) is 5.82 Å². The molecule has 1 aliphatic heterocycles. The van der Waals surface area contributed by atoms with Gasteiger partial charge in [0, 0.05) is 25.2 Å². The second-order valence-electron chi connectivity index (χ2n) is 9.16. The van der Waals surface area contributed by atoms with Crippen molar-refractivity contribution < 1.29 is 24.3 Å². The summed E-state index contributed by atoms with van der Waals surface area (Å²) in [4.78, 5) is 45.6. The summed E-state index contributed by atoms with van der Waals surface area (Å²) < 4.78 is 0.